The number of hydrogen-bond acceptors (Lipinski definition) is 14. The van der Waals surface area contributed by atoms with Crippen LogP contribution in [0.5, 0.6) is 0 Å². The summed E-state index contributed by atoms with van der Waals surface area (Å²) < 4.78 is 82.7. The standard InChI is InChI=1S/C38H39F4N11O6S/c1-50(20-21-4-9-25-30(31(21)39)36(57)53(35(25)56)28-10-11-29(54)48-34(28)55)23-12-16-52(17-13-23)24-7-5-22(6-8-24)47-37-46-18-26(38(40,41)42)32(49-37)45-19-27-33(44-15-14-43-27)51(2)60(3,58)59/h4-9,14-15,18,23,28H,10-13,16-17,19-20H2,1-3H3,(H,48,54,55)(H2,45,46,47,49). The number of halogens is 4. The Hall–Kier alpha value is -6.29. The molecule has 3 N–H and O–H groups in total. The topological polar surface area (TPSA) is 203 Å². The number of imide groups is 2. The molecule has 0 bridgehead atoms. The van der Waals surface area contributed by atoms with Crippen LogP contribution in [0.3, 0.4) is 0 Å². The number of hydrogen-bond donors (Lipinski definition) is 3. The van der Waals surface area contributed by atoms with Gasteiger partial charge in [0.1, 0.15) is 28.9 Å². The van der Waals surface area contributed by atoms with Crippen LogP contribution in [-0.2, 0) is 38.9 Å². The predicted octanol–water partition coefficient (Wildman–Crippen LogP) is 3.68. The second-order valence-corrected chi connectivity index (χ2v) is 16.6. The van der Waals surface area contributed by atoms with Gasteiger partial charge in [-0.25, -0.2) is 22.8 Å². The third kappa shape index (κ3) is 8.55. The molecule has 2 aromatic heterocycles. The lowest BCUT2D eigenvalue weighted by molar-refractivity contribution is -0.138. The molecule has 22 heteroatoms. The fraction of sp³-hybridized carbons (Fsp3) is 0.368. The monoisotopic (exact) mass is 853 g/mol. The minimum Gasteiger partial charge on any atom is -0.371 e. The van der Waals surface area contributed by atoms with Gasteiger partial charge >= 0.3 is 6.18 Å². The van der Waals surface area contributed by atoms with E-state index in [1.54, 1.807) is 12.1 Å². The molecular formula is C38H39F4N11O6S. The molecule has 1 atom stereocenters. The van der Waals surface area contributed by atoms with Crippen molar-refractivity contribution >= 4 is 62.6 Å². The molecule has 60 heavy (non-hydrogen) atoms. The Balaban J connectivity index is 0.959. The number of sulfonamides is 1. The molecule has 3 aliphatic heterocycles. The summed E-state index contributed by atoms with van der Waals surface area (Å²) in [5, 5.41) is 7.65. The highest BCUT2D eigenvalue weighted by Gasteiger charge is 2.46. The molecule has 316 valence electrons. The number of fused-ring (bicyclic) bond motifs is 1. The zero-order valence-electron chi connectivity index (χ0n) is 32.5. The van der Waals surface area contributed by atoms with Crippen molar-refractivity contribution in [2.75, 3.05) is 53.3 Å². The lowest BCUT2D eigenvalue weighted by Crippen LogP contribution is -2.54. The number of nitrogens with one attached hydrogen (secondary N) is 3. The summed E-state index contributed by atoms with van der Waals surface area (Å²) in [6.07, 6.45) is 0.721. The predicted molar refractivity (Wildman–Crippen MR) is 209 cm³/mol. The summed E-state index contributed by atoms with van der Waals surface area (Å²) in [5.74, 6) is -4.51. The van der Waals surface area contributed by atoms with Gasteiger partial charge in [-0.3, -0.25) is 43.6 Å². The second kappa shape index (κ2) is 16.4. The van der Waals surface area contributed by atoms with Crippen LogP contribution in [0.25, 0.3) is 0 Å². The van der Waals surface area contributed by atoms with Crippen molar-refractivity contribution in [2.24, 2.45) is 0 Å². The van der Waals surface area contributed by atoms with Crippen molar-refractivity contribution in [3.63, 3.8) is 0 Å². The molecule has 4 amide bonds. The van der Waals surface area contributed by atoms with Crippen LogP contribution in [0.4, 0.5) is 46.5 Å². The third-order valence-electron chi connectivity index (χ3n) is 10.7. The first kappa shape index (κ1) is 41.9. The molecule has 17 nitrogen and oxygen atoms in total. The van der Waals surface area contributed by atoms with Gasteiger partial charge in [-0.15, -0.1) is 0 Å². The van der Waals surface area contributed by atoms with E-state index in [1.807, 2.05) is 24.1 Å². The van der Waals surface area contributed by atoms with Crippen molar-refractivity contribution in [1.82, 2.24) is 35.1 Å². The number of alkyl halides is 3. The van der Waals surface area contributed by atoms with E-state index in [0.717, 1.165) is 34.0 Å². The largest absolute Gasteiger partial charge is 0.421 e. The minimum atomic E-state index is -4.80. The van der Waals surface area contributed by atoms with Crippen molar-refractivity contribution in [3.05, 3.63) is 88.8 Å². The number of rotatable bonds is 12. The molecule has 2 fully saturated rings. The number of aromatic nitrogens is 4. The van der Waals surface area contributed by atoms with E-state index in [-0.39, 0.29) is 66.1 Å². The highest BCUT2D eigenvalue weighted by molar-refractivity contribution is 7.92. The molecular weight excluding hydrogens is 815 g/mol. The van der Waals surface area contributed by atoms with Gasteiger partial charge in [0.2, 0.25) is 27.8 Å². The normalized spacial score (nSPS) is 17.6. The maximum absolute atomic E-state index is 15.9. The van der Waals surface area contributed by atoms with E-state index in [9.17, 15) is 40.8 Å². The Bertz CT molecular complexity index is 2470. The summed E-state index contributed by atoms with van der Waals surface area (Å²) in [7, 11) is -0.627. The van der Waals surface area contributed by atoms with E-state index in [1.165, 1.54) is 31.6 Å². The molecule has 3 aliphatic rings. The summed E-state index contributed by atoms with van der Waals surface area (Å²) >= 11 is 0. The van der Waals surface area contributed by atoms with Crippen molar-refractivity contribution in [2.45, 2.75) is 57.0 Å². The van der Waals surface area contributed by atoms with Gasteiger partial charge in [0.25, 0.3) is 11.8 Å². The second-order valence-electron chi connectivity index (χ2n) is 14.6. The number of piperidine rings is 2. The van der Waals surface area contributed by atoms with Gasteiger partial charge in [-0.05, 0) is 56.6 Å². The van der Waals surface area contributed by atoms with Gasteiger partial charge in [0, 0.05) is 74.7 Å². The van der Waals surface area contributed by atoms with Crippen LogP contribution in [-0.4, -0.2) is 107 Å². The summed E-state index contributed by atoms with van der Waals surface area (Å²) in [4.78, 5) is 71.3. The summed E-state index contributed by atoms with van der Waals surface area (Å²) in [5.41, 5.74) is 0.0596. The molecule has 4 aromatic rings. The van der Waals surface area contributed by atoms with Crippen LogP contribution in [0.15, 0.2) is 55.0 Å². The molecule has 0 spiro atoms. The zero-order valence-corrected chi connectivity index (χ0v) is 33.3. The molecule has 0 saturated carbocycles. The fourth-order valence-corrected chi connectivity index (χ4v) is 7.85. The van der Waals surface area contributed by atoms with Crippen LogP contribution >= 0.6 is 0 Å². The molecule has 2 saturated heterocycles. The van der Waals surface area contributed by atoms with E-state index in [0.29, 0.717) is 25.0 Å². The van der Waals surface area contributed by atoms with Crippen LogP contribution in [0.1, 0.15) is 63.2 Å². The van der Waals surface area contributed by atoms with Gasteiger partial charge < -0.3 is 15.5 Å². The Morgan fingerprint density at radius 2 is 1.63 bits per heavy atom. The Morgan fingerprint density at radius 1 is 0.933 bits per heavy atom. The number of carbonyl (C=O) groups is 4. The first-order valence-electron chi connectivity index (χ1n) is 18.7. The van der Waals surface area contributed by atoms with Crippen molar-refractivity contribution in [3.8, 4) is 0 Å². The Labute approximate surface area is 341 Å². The zero-order chi connectivity index (χ0) is 43.1. The van der Waals surface area contributed by atoms with Crippen LogP contribution in [0.2, 0.25) is 0 Å². The smallest absolute Gasteiger partial charge is 0.371 e. The van der Waals surface area contributed by atoms with Gasteiger partial charge in [-0.1, -0.05) is 6.07 Å². The van der Waals surface area contributed by atoms with Crippen LogP contribution in [0, 0.1) is 5.82 Å². The maximum atomic E-state index is 15.9. The SMILES string of the molecule is CN(Cc1ccc2c(c1F)C(=O)N(C1CCC(=O)NC1=O)C2=O)C1CCN(c2ccc(Nc3ncc(C(F)(F)F)c(NCc4nccnc4N(C)S(C)(=O)=O)n3)cc2)CC1. The number of amides is 4. The third-order valence-corrected chi connectivity index (χ3v) is 11.9. The minimum absolute atomic E-state index is 0.0324. The molecule has 1 unspecified atom stereocenters. The lowest BCUT2D eigenvalue weighted by atomic mass is 10.0. The highest BCUT2D eigenvalue weighted by Crippen LogP contribution is 2.35. The van der Waals surface area contributed by atoms with Crippen LogP contribution < -0.4 is 25.2 Å². The number of anilines is 5. The van der Waals surface area contributed by atoms with E-state index < -0.39 is 63.1 Å². The molecule has 0 radical (unpaired) electrons. The average Bonchev–Trinajstić information content (AvgIpc) is 3.46. The van der Waals surface area contributed by atoms with Crippen molar-refractivity contribution in [1.29, 1.82) is 0 Å². The van der Waals surface area contributed by atoms with Gasteiger partial charge in [-0.2, -0.15) is 18.2 Å². The average molecular weight is 854 g/mol. The Morgan fingerprint density at radius 3 is 2.30 bits per heavy atom. The fourth-order valence-electron chi connectivity index (χ4n) is 7.39. The number of benzene rings is 2. The molecule has 7 rings (SSSR count). The summed E-state index contributed by atoms with van der Waals surface area (Å²) in [6.45, 7) is 1.15. The first-order chi connectivity index (χ1) is 28.4. The van der Waals surface area contributed by atoms with Gasteiger partial charge in [0.05, 0.1) is 23.9 Å². The maximum Gasteiger partial charge on any atom is 0.421 e. The highest BCUT2D eigenvalue weighted by atomic mass is 32.2. The lowest BCUT2D eigenvalue weighted by Gasteiger charge is -2.38. The first-order valence-corrected chi connectivity index (χ1v) is 20.5. The number of carbonyl (C=O) groups excluding carboxylic acids is 4. The van der Waals surface area contributed by atoms with Gasteiger partial charge in [0.15, 0.2) is 5.82 Å². The van der Waals surface area contributed by atoms with E-state index in [4.69, 9.17) is 0 Å². The van der Waals surface area contributed by atoms with E-state index >= 15 is 4.39 Å². The van der Waals surface area contributed by atoms with Crippen molar-refractivity contribution < 1.29 is 45.2 Å². The molecule has 2 aromatic carbocycles. The molecule has 0 aliphatic carbocycles. The Kier molecular flexibility index (Phi) is 11.4. The summed E-state index contributed by atoms with van der Waals surface area (Å²) in [6, 6.07) is 8.90. The van der Waals surface area contributed by atoms with E-state index in [2.05, 4.69) is 40.8 Å². The molecule has 5 heterocycles. The number of nitrogens with zero attached hydrogens (tertiary/aromatic N) is 8. The quantitative estimate of drug-likeness (QED) is 0.138.